The maximum atomic E-state index is 14.7. The standard InChI is InChI=1S/C17H5F31.C2HF3.2C2H6.CH3F/c1-4(22,23)7(28,10(33,34)14(41,42)12(37,38)8(29,30)5(24,25)2(18)19)11(35,36)15(43,44)17(47,48)16(45,46)13(39,40)9(31,32)6(26,27)3(20)21;3-1-2(4)5;3*1-2/h2-3H,1H3;1H;2*1-2H3;1H3. The molecule has 0 aromatic heterocycles. The molecule has 0 radical (unpaired) electrons. The molecule has 0 amide bonds. The Balaban J connectivity index is -0.000000792. The minimum Gasteiger partial charge on any atom is -0.255 e. The van der Waals surface area contributed by atoms with Crippen LogP contribution in [0.25, 0.3) is 0 Å². The summed E-state index contributed by atoms with van der Waals surface area (Å²) in [4.78, 5) is 0. The minimum absolute atomic E-state index is 0.500. The van der Waals surface area contributed by atoms with Crippen molar-refractivity contribution in [1.29, 1.82) is 0 Å². The molecule has 362 valence electrons. The molecule has 0 aliphatic rings. The molecule has 0 rings (SSSR count). The summed E-state index contributed by atoms with van der Waals surface area (Å²) in [6.07, 6.45) is -16.0. The average Bonchev–Trinajstić information content (AvgIpc) is 3.08. The van der Waals surface area contributed by atoms with Crippen LogP contribution in [-0.2, 0) is 0 Å². The van der Waals surface area contributed by atoms with E-state index >= 15 is 0 Å². The van der Waals surface area contributed by atoms with Gasteiger partial charge in [0.1, 0.15) is 0 Å². The molecule has 0 aromatic rings. The summed E-state index contributed by atoms with van der Waals surface area (Å²) >= 11 is 0. The third-order valence-corrected chi connectivity index (χ3v) is 6.09. The van der Waals surface area contributed by atoms with Crippen molar-refractivity contribution >= 4 is 0 Å². The first-order chi connectivity index (χ1) is 25.4. The molecule has 0 nitrogen and oxygen atoms in total. The predicted octanol–water partition coefficient (Wildman–Crippen LogP) is 14.8. The highest BCUT2D eigenvalue weighted by molar-refractivity contribution is 5.26. The van der Waals surface area contributed by atoms with Gasteiger partial charge in [0.25, 0.3) is 12.0 Å². The molecule has 0 aromatic carbocycles. The Hall–Kier alpha value is -2.71. The molecule has 1 unspecified atom stereocenters. The van der Waals surface area contributed by atoms with Gasteiger partial charge in [0, 0.05) is 6.92 Å². The van der Waals surface area contributed by atoms with Gasteiger partial charge in [-0.1, -0.05) is 27.7 Å². The molecule has 35 heteroatoms. The summed E-state index contributed by atoms with van der Waals surface area (Å²) in [6, 6.07) is 0. The van der Waals surface area contributed by atoms with Crippen LogP contribution in [0.5, 0.6) is 0 Å². The summed E-state index contributed by atoms with van der Waals surface area (Å²) in [6.45, 7) is 5.63. The Morgan fingerprint density at radius 1 is 0.339 bits per heavy atom. The fraction of sp³-hybridized carbons (Fsp3) is 0.917. The number of alkyl halides is 32. The van der Waals surface area contributed by atoms with Crippen molar-refractivity contribution in [3.63, 3.8) is 0 Å². The summed E-state index contributed by atoms with van der Waals surface area (Å²) in [7, 11) is 0.500. The lowest BCUT2D eigenvalue weighted by atomic mass is 9.74. The molecular weight excluding hydrogens is 953 g/mol. The van der Waals surface area contributed by atoms with Crippen LogP contribution in [0.2, 0.25) is 0 Å². The molecule has 0 saturated heterocycles. The van der Waals surface area contributed by atoms with E-state index in [0.717, 1.165) is 0 Å². The van der Waals surface area contributed by atoms with Crippen LogP contribution in [0.1, 0.15) is 34.6 Å². The van der Waals surface area contributed by atoms with E-state index in [1.807, 2.05) is 27.7 Å². The molecule has 0 bridgehead atoms. The van der Waals surface area contributed by atoms with Gasteiger partial charge in [-0.25, -0.2) is 35.1 Å². The van der Waals surface area contributed by atoms with E-state index in [9.17, 15) is 154 Å². The zero-order valence-corrected chi connectivity index (χ0v) is 28.5. The van der Waals surface area contributed by atoms with Crippen molar-refractivity contribution in [2.45, 2.75) is 130 Å². The summed E-state index contributed by atoms with van der Waals surface area (Å²) < 4.78 is 456. The number of hydrogen-bond acceptors (Lipinski definition) is 0. The van der Waals surface area contributed by atoms with Crippen molar-refractivity contribution < 1.29 is 154 Å². The minimum atomic E-state index is -10.1. The molecule has 0 N–H and O–H groups in total. The SMILES string of the molecule is CC.CC.CC(F)(F)C(F)(C(F)(F)C(F)(F)C(F)(F)C(F)(F)C(F)(F)C(F)F)C(F)(F)C(F)(F)C(F)(F)C(F)(F)C(F)(F)C(F)(F)C(F)(F)C(F)F.CF.FC=C(F)F. The Kier molecular flexibility index (Phi) is 21.7. The van der Waals surface area contributed by atoms with Crippen molar-refractivity contribution in [3.05, 3.63) is 12.4 Å². The maximum absolute atomic E-state index is 14.7. The van der Waals surface area contributed by atoms with Crippen LogP contribution >= 0.6 is 0 Å². The van der Waals surface area contributed by atoms with Crippen molar-refractivity contribution in [1.82, 2.24) is 0 Å². The van der Waals surface area contributed by atoms with Crippen molar-refractivity contribution in [3.8, 4) is 0 Å². The molecule has 1 atom stereocenters. The highest BCUT2D eigenvalue weighted by atomic mass is 19.4. The van der Waals surface area contributed by atoms with Gasteiger partial charge >= 0.3 is 89.6 Å². The predicted molar refractivity (Wildman–Crippen MR) is 127 cm³/mol. The van der Waals surface area contributed by atoms with Gasteiger partial charge in [0.15, 0.2) is 6.33 Å². The Labute approximate surface area is 304 Å². The number of hydrogen-bond donors (Lipinski definition) is 0. The molecule has 0 spiro atoms. The molecule has 0 aliphatic heterocycles. The van der Waals surface area contributed by atoms with Crippen LogP contribution in [0.15, 0.2) is 12.4 Å². The van der Waals surface area contributed by atoms with E-state index in [2.05, 4.69) is 0 Å². The molecule has 0 fully saturated rings. The van der Waals surface area contributed by atoms with E-state index in [4.69, 9.17) is 0 Å². The summed E-state index contributed by atoms with van der Waals surface area (Å²) in [5.74, 6) is -121. The first-order valence-corrected chi connectivity index (χ1v) is 13.6. The van der Waals surface area contributed by atoms with Gasteiger partial charge in [0.2, 0.25) is 0 Å². The maximum Gasteiger partial charge on any atom is 0.385 e. The fourth-order valence-electron chi connectivity index (χ4n) is 3.06. The van der Waals surface area contributed by atoms with Crippen molar-refractivity contribution in [2.24, 2.45) is 0 Å². The van der Waals surface area contributed by atoms with Crippen LogP contribution in [-0.4, -0.2) is 103 Å². The van der Waals surface area contributed by atoms with E-state index in [0.29, 0.717) is 7.18 Å². The molecule has 0 saturated carbocycles. The van der Waals surface area contributed by atoms with Gasteiger partial charge in [-0.3, -0.25) is 4.39 Å². The van der Waals surface area contributed by atoms with Crippen LogP contribution in [0.4, 0.5) is 154 Å². The van der Waals surface area contributed by atoms with Crippen LogP contribution < -0.4 is 0 Å². The fourth-order valence-corrected chi connectivity index (χ4v) is 3.06. The quantitative estimate of drug-likeness (QED) is 0.144. The normalized spacial score (nSPS) is 15.6. The largest absolute Gasteiger partial charge is 0.385 e. The highest BCUT2D eigenvalue weighted by Crippen LogP contribution is 2.70. The van der Waals surface area contributed by atoms with Gasteiger partial charge < -0.3 is 0 Å². The topological polar surface area (TPSA) is 0 Å². The van der Waals surface area contributed by atoms with E-state index < -0.39 is 115 Å². The van der Waals surface area contributed by atoms with E-state index in [1.165, 1.54) is 0 Å². The van der Waals surface area contributed by atoms with Gasteiger partial charge in [0.05, 0.1) is 7.18 Å². The van der Waals surface area contributed by atoms with Gasteiger partial charge in [-0.2, -0.15) is 114 Å². The third-order valence-electron chi connectivity index (χ3n) is 6.09. The first-order valence-electron chi connectivity index (χ1n) is 13.6. The smallest absolute Gasteiger partial charge is 0.255 e. The van der Waals surface area contributed by atoms with E-state index in [1.54, 1.807) is 0 Å². The molecule has 0 heterocycles. The monoisotopic (exact) mass is 974 g/mol. The van der Waals surface area contributed by atoms with Gasteiger partial charge in [-0.05, 0) is 0 Å². The van der Waals surface area contributed by atoms with Gasteiger partial charge in [-0.15, -0.1) is 0 Å². The number of halogens is 35. The lowest BCUT2D eigenvalue weighted by Gasteiger charge is -2.50. The first kappa shape index (κ1) is 65.4. The Morgan fingerprint density at radius 3 is 0.593 bits per heavy atom. The third kappa shape index (κ3) is 9.54. The average molecular weight is 974 g/mol. The zero-order chi connectivity index (χ0) is 50.4. The Morgan fingerprint density at radius 2 is 0.475 bits per heavy atom. The summed E-state index contributed by atoms with van der Waals surface area (Å²) in [5.41, 5.74) is -9.82. The molecule has 59 heavy (non-hydrogen) atoms. The van der Waals surface area contributed by atoms with Crippen molar-refractivity contribution in [2.75, 3.05) is 7.18 Å². The van der Waals surface area contributed by atoms with Crippen LogP contribution in [0.3, 0.4) is 0 Å². The number of rotatable bonds is 15. The highest BCUT2D eigenvalue weighted by Gasteiger charge is 3.02. The Bertz CT molecular complexity index is 1280. The lowest BCUT2D eigenvalue weighted by Crippen LogP contribution is -2.83. The van der Waals surface area contributed by atoms with Crippen LogP contribution in [0, 0.1) is 0 Å². The molecule has 0 aliphatic carbocycles. The van der Waals surface area contributed by atoms with E-state index in [-0.39, 0.29) is 0 Å². The second-order valence-electron chi connectivity index (χ2n) is 9.54. The second kappa shape index (κ2) is 19.6. The summed E-state index contributed by atoms with van der Waals surface area (Å²) in [5, 5.41) is 0. The second-order valence-corrected chi connectivity index (χ2v) is 9.54. The zero-order valence-electron chi connectivity index (χ0n) is 28.5. The molecular formula is C24H21F35. The lowest BCUT2D eigenvalue weighted by molar-refractivity contribution is -0.483.